The van der Waals surface area contributed by atoms with Gasteiger partial charge in [-0.25, -0.2) is 0 Å². The van der Waals surface area contributed by atoms with E-state index in [2.05, 4.69) is 31.0 Å². The van der Waals surface area contributed by atoms with E-state index in [1.54, 1.807) is 0 Å². The second-order valence-corrected chi connectivity index (χ2v) is 5.59. The molecule has 2 aliphatic rings. The van der Waals surface area contributed by atoms with Crippen LogP contribution in [0, 0.1) is 5.92 Å². The summed E-state index contributed by atoms with van der Waals surface area (Å²) < 4.78 is 0. The number of nitrogens with one attached hydrogen (secondary N) is 1. The molecular formula is C14H28N2. The van der Waals surface area contributed by atoms with Gasteiger partial charge in [-0.1, -0.05) is 20.8 Å². The molecule has 1 aliphatic heterocycles. The van der Waals surface area contributed by atoms with Crippen LogP contribution in [0.1, 0.15) is 52.9 Å². The largest absolute Gasteiger partial charge is 0.311 e. The fourth-order valence-electron chi connectivity index (χ4n) is 3.23. The lowest BCUT2D eigenvalue weighted by Crippen LogP contribution is -2.59. The molecule has 2 fully saturated rings. The lowest BCUT2D eigenvalue weighted by atomic mass is 9.98. The van der Waals surface area contributed by atoms with Crippen molar-refractivity contribution in [3.05, 3.63) is 0 Å². The Bertz CT molecular complexity index is 209. The fraction of sp³-hybridized carbons (Fsp3) is 1.00. The highest BCUT2D eigenvalue weighted by molar-refractivity contribution is 4.96. The number of nitrogens with zero attached hydrogens (tertiary/aromatic N) is 1. The van der Waals surface area contributed by atoms with Crippen LogP contribution in [0.5, 0.6) is 0 Å². The molecule has 0 amide bonds. The molecule has 0 aromatic rings. The molecule has 0 bridgehead atoms. The molecule has 2 unspecified atom stereocenters. The van der Waals surface area contributed by atoms with E-state index in [4.69, 9.17) is 0 Å². The molecule has 1 saturated carbocycles. The molecule has 16 heavy (non-hydrogen) atoms. The van der Waals surface area contributed by atoms with Crippen molar-refractivity contribution in [3.8, 4) is 0 Å². The van der Waals surface area contributed by atoms with Crippen LogP contribution in [0.3, 0.4) is 0 Å². The predicted octanol–water partition coefficient (Wildman–Crippen LogP) is 2.64. The Morgan fingerprint density at radius 1 is 1.19 bits per heavy atom. The molecular weight excluding hydrogens is 196 g/mol. The summed E-state index contributed by atoms with van der Waals surface area (Å²) in [6.07, 6.45) is 6.85. The van der Waals surface area contributed by atoms with Crippen molar-refractivity contribution in [2.75, 3.05) is 13.1 Å². The Balaban J connectivity index is 2.00. The molecule has 1 saturated heterocycles. The second-order valence-electron chi connectivity index (χ2n) is 5.59. The first-order chi connectivity index (χ1) is 7.80. The molecule has 0 spiro atoms. The second kappa shape index (κ2) is 5.50. The molecule has 0 aromatic heterocycles. The van der Waals surface area contributed by atoms with Gasteiger partial charge in [-0.15, -0.1) is 0 Å². The molecule has 2 rings (SSSR count). The Morgan fingerprint density at radius 2 is 1.88 bits per heavy atom. The van der Waals surface area contributed by atoms with E-state index in [-0.39, 0.29) is 0 Å². The Hall–Kier alpha value is -0.0800. The van der Waals surface area contributed by atoms with E-state index in [9.17, 15) is 0 Å². The van der Waals surface area contributed by atoms with Crippen molar-refractivity contribution in [1.82, 2.24) is 10.2 Å². The molecule has 1 heterocycles. The summed E-state index contributed by atoms with van der Waals surface area (Å²) in [5.74, 6) is 1.01. The summed E-state index contributed by atoms with van der Waals surface area (Å²) in [6, 6.07) is 2.39. The monoisotopic (exact) mass is 224 g/mol. The zero-order valence-electron chi connectivity index (χ0n) is 11.2. The third kappa shape index (κ3) is 2.60. The topological polar surface area (TPSA) is 15.3 Å². The Labute approximate surface area is 101 Å². The molecule has 0 radical (unpaired) electrons. The van der Waals surface area contributed by atoms with Gasteiger partial charge in [0.15, 0.2) is 0 Å². The average molecular weight is 224 g/mol. The van der Waals surface area contributed by atoms with Crippen LogP contribution in [0.25, 0.3) is 0 Å². The van der Waals surface area contributed by atoms with E-state index in [1.807, 2.05) is 0 Å². The normalized spacial score (nSPS) is 32.2. The summed E-state index contributed by atoms with van der Waals surface area (Å²) in [5, 5.41) is 3.73. The molecule has 2 nitrogen and oxygen atoms in total. The maximum atomic E-state index is 3.73. The van der Waals surface area contributed by atoms with Gasteiger partial charge in [-0.2, -0.15) is 0 Å². The average Bonchev–Trinajstić information content (AvgIpc) is 3.14. The van der Waals surface area contributed by atoms with E-state index in [0.29, 0.717) is 0 Å². The van der Waals surface area contributed by atoms with Crippen LogP contribution >= 0.6 is 0 Å². The van der Waals surface area contributed by atoms with Crippen LogP contribution in [-0.4, -0.2) is 36.1 Å². The van der Waals surface area contributed by atoms with Gasteiger partial charge < -0.3 is 5.32 Å². The first-order valence-corrected chi connectivity index (χ1v) is 7.29. The van der Waals surface area contributed by atoms with Crippen LogP contribution in [0.4, 0.5) is 0 Å². The zero-order chi connectivity index (χ0) is 11.5. The summed E-state index contributed by atoms with van der Waals surface area (Å²) >= 11 is 0. The quantitative estimate of drug-likeness (QED) is 0.772. The fourth-order valence-corrected chi connectivity index (χ4v) is 3.23. The predicted molar refractivity (Wildman–Crippen MR) is 69.7 cm³/mol. The van der Waals surface area contributed by atoms with Gasteiger partial charge in [0.25, 0.3) is 0 Å². The number of piperazine rings is 1. The van der Waals surface area contributed by atoms with Crippen molar-refractivity contribution in [1.29, 1.82) is 0 Å². The zero-order valence-corrected chi connectivity index (χ0v) is 11.2. The molecule has 94 valence electrons. The minimum atomic E-state index is 0.732. The van der Waals surface area contributed by atoms with E-state index in [0.717, 1.165) is 24.0 Å². The molecule has 1 aliphatic carbocycles. The SMILES string of the molecule is CCC1CN(C(CC)CC)C(C2CC2)CN1. The van der Waals surface area contributed by atoms with Crippen LogP contribution in [0.2, 0.25) is 0 Å². The van der Waals surface area contributed by atoms with Gasteiger partial charge in [-0.05, 0) is 38.0 Å². The van der Waals surface area contributed by atoms with E-state index in [1.165, 1.54) is 45.2 Å². The first kappa shape index (κ1) is 12.4. The van der Waals surface area contributed by atoms with Crippen LogP contribution in [0.15, 0.2) is 0 Å². The maximum Gasteiger partial charge on any atom is 0.0252 e. The van der Waals surface area contributed by atoms with Crippen LogP contribution < -0.4 is 5.32 Å². The van der Waals surface area contributed by atoms with Gasteiger partial charge >= 0.3 is 0 Å². The standard InChI is InChI=1S/C14H28N2/c1-4-12-10-16(13(5-2)6-3)14(9-15-12)11-7-8-11/h11-15H,4-10H2,1-3H3. The minimum absolute atomic E-state index is 0.732. The smallest absolute Gasteiger partial charge is 0.0252 e. The Kier molecular flexibility index (Phi) is 4.26. The molecule has 2 heteroatoms. The first-order valence-electron chi connectivity index (χ1n) is 7.29. The summed E-state index contributed by atoms with van der Waals surface area (Å²) in [6.45, 7) is 9.52. The third-order valence-corrected chi connectivity index (χ3v) is 4.54. The summed E-state index contributed by atoms with van der Waals surface area (Å²) in [7, 11) is 0. The number of hydrogen-bond donors (Lipinski definition) is 1. The number of rotatable bonds is 5. The van der Waals surface area contributed by atoms with E-state index >= 15 is 0 Å². The van der Waals surface area contributed by atoms with Gasteiger partial charge in [0, 0.05) is 31.2 Å². The highest BCUT2D eigenvalue weighted by atomic mass is 15.3. The summed E-state index contributed by atoms with van der Waals surface area (Å²) in [5.41, 5.74) is 0. The molecule has 0 aromatic carbocycles. The van der Waals surface area contributed by atoms with Crippen molar-refractivity contribution >= 4 is 0 Å². The van der Waals surface area contributed by atoms with Crippen LogP contribution in [-0.2, 0) is 0 Å². The van der Waals surface area contributed by atoms with Gasteiger partial charge in [0.2, 0.25) is 0 Å². The van der Waals surface area contributed by atoms with Crippen molar-refractivity contribution in [3.63, 3.8) is 0 Å². The van der Waals surface area contributed by atoms with Crippen molar-refractivity contribution < 1.29 is 0 Å². The lowest BCUT2D eigenvalue weighted by Gasteiger charge is -2.44. The van der Waals surface area contributed by atoms with Crippen molar-refractivity contribution in [2.45, 2.75) is 71.0 Å². The van der Waals surface area contributed by atoms with Gasteiger partial charge in [-0.3, -0.25) is 4.90 Å². The van der Waals surface area contributed by atoms with E-state index < -0.39 is 0 Å². The lowest BCUT2D eigenvalue weighted by molar-refractivity contribution is 0.0636. The highest BCUT2D eigenvalue weighted by Crippen LogP contribution is 2.37. The van der Waals surface area contributed by atoms with Gasteiger partial charge in [0.05, 0.1) is 0 Å². The Morgan fingerprint density at radius 3 is 2.38 bits per heavy atom. The number of hydrogen-bond acceptors (Lipinski definition) is 2. The molecule has 1 N–H and O–H groups in total. The van der Waals surface area contributed by atoms with Gasteiger partial charge in [0.1, 0.15) is 0 Å². The maximum absolute atomic E-state index is 3.73. The summed E-state index contributed by atoms with van der Waals surface area (Å²) in [4.78, 5) is 2.84. The molecule has 2 atom stereocenters. The highest BCUT2D eigenvalue weighted by Gasteiger charge is 2.40. The van der Waals surface area contributed by atoms with Crippen molar-refractivity contribution in [2.24, 2.45) is 5.92 Å². The minimum Gasteiger partial charge on any atom is -0.311 e. The third-order valence-electron chi connectivity index (χ3n) is 4.54.